The van der Waals surface area contributed by atoms with Crippen LogP contribution in [0, 0.1) is 0 Å². The molecule has 0 spiro atoms. The summed E-state index contributed by atoms with van der Waals surface area (Å²) < 4.78 is 5.35. The molecule has 3 amide bonds. The molecule has 1 aromatic carbocycles. The predicted molar refractivity (Wildman–Crippen MR) is 81.0 cm³/mol. The summed E-state index contributed by atoms with van der Waals surface area (Å²) in [4.78, 5) is 26.7. The van der Waals surface area contributed by atoms with E-state index in [0.717, 1.165) is 11.4 Å². The maximum absolute atomic E-state index is 11.8. The van der Waals surface area contributed by atoms with Crippen LogP contribution in [0.2, 0.25) is 0 Å². The van der Waals surface area contributed by atoms with Crippen LogP contribution in [0.25, 0.3) is 0 Å². The van der Waals surface area contributed by atoms with Gasteiger partial charge in [-0.05, 0) is 12.1 Å². The molecule has 0 atom stereocenters. The lowest BCUT2D eigenvalue weighted by molar-refractivity contribution is -0.117. The van der Waals surface area contributed by atoms with E-state index < -0.39 is 5.91 Å². The highest BCUT2D eigenvalue weighted by molar-refractivity contribution is 6.28. The molecule has 1 aliphatic rings. The number of benzene rings is 1. The molecular formula is C14H18ClN3O3. The second-order valence-corrected chi connectivity index (χ2v) is 4.90. The minimum atomic E-state index is -0.478. The number of methoxy groups -OCH3 is 1. The van der Waals surface area contributed by atoms with Crippen LogP contribution in [0.5, 0.6) is 5.75 Å². The maximum atomic E-state index is 11.8. The molecule has 0 radical (unpaired) electrons. The van der Waals surface area contributed by atoms with Crippen LogP contribution in [-0.4, -0.2) is 56.0 Å². The molecule has 1 N–H and O–H groups in total. The number of hydrogen-bond donors (Lipinski definition) is 1. The number of anilines is 1. The summed E-state index contributed by atoms with van der Waals surface area (Å²) in [7, 11) is 1.64. The van der Waals surface area contributed by atoms with Crippen LogP contribution in [0.4, 0.5) is 10.5 Å². The SMILES string of the molecule is COc1ccccc1N1CCN(C(=O)NC(=O)CCl)CC1. The van der Waals surface area contributed by atoms with E-state index in [0.29, 0.717) is 26.2 Å². The number of nitrogens with one attached hydrogen (secondary N) is 1. The second kappa shape index (κ2) is 7.17. The zero-order valence-electron chi connectivity index (χ0n) is 11.8. The van der Waals surface area contributed by atoms with E-state index in [4.69, 9.17) is 16.3 Å². The van der Waals surface area contributed by atoms with E-state index in [1.807, 2.05) is 24.3 Å². The number of imide groups is 1. The number of alkyl halides is 1. The standard InChI is InChI=1S/C14H18ClN3O3/c1-21-12-5-3-2-4-11(12)17-6-8-18(9-7-17)14(20)16-13(19)10-15/h2-5H,6-10H2,1H3,(H,16,19,20). The molecule has 0 bridgehead atoms. The van der Waals surface area contributed by atoms with Gasteiger partial charge in [-0.2, -0.15) is 0 Å². The Morgan fingerprint density at radius 2 is 1.90 bits per heavy atom. The first-order chi connectivity index (χ1) is 10.2. The van der Waals surface area contributed by atoms with E-state index in [-0.39, 0.29) is 11.9 Å². The third-order valence-electron chi connectivity index (χ3n) is 3.36. The summed E-state index contributed by atoms with van der Waals surface area (Å²) in [5.74, 6) is 0.119. The van der Waals surface area contributed by atoms with E-state index in [1.165, 1.54) is 0 Å². The first kappa shape index (κ1) is 15.4. The van der Waals surface area contributed by atoms with Gasteiger partial charge in [-0.15, -0.1) is 11.6 Å². The lowest BCUT2D eigenvalue weighted by Gasteiger charge is -2.36. The number of rotatable bonds is 3. The highest BCUT2D eigenvalue weighted by atomic mass is 35.5. The Labute approximate surface area is 128 Å². The smallest absolute Gasteiger partial charge is 0.324 e. The summed E-state index contributed by atoms with van der Waals surface area (Å²) in [5, 5.41) is 2.25. The molecular weight excluding hydrogens is 294 g/mol. The highest BCUT2D eigenvalue weighted by Crippen LogP contribution is 2.28. The molecule has 1 aromatic rings. The van der Waals surface area contributed by atoms with Crippen molar-refractivity contribution in [3.05, 3.63) is 24.3 Å². The van der Waals surface area contributed by atoms with Gasteiger partial charge < -0.3 is 14.5 Å². The molecule has 114 valence electrons. The third-order valence-corrected chi connectivity index (χ3v) is 3.60. The van der Waals surface area contributed by atoms with Crippen LogP contribution in [0.15, 0.2) is 24.3 Å². The molecule has 21 heavy (non-hydrogen) atoms. The van der Waals surface area contributed by atoms with Crippen LogP contribution < -0.4 is 15.0 Å². The number of piperazine rings is 1. The monoisotopic (exact) mass is 311 g/mol. The van der Waals surface area contributed by atoms with Crippen molar-refractivity contribution in [1.82, 2.24) is 10.2 Å². The fourth-order valence-corrected chi connectivity index (χ4v) is 2.34. The van der Waals surface area contributed by atoms with Gasteiger partial charge in [-0.1, -0.05) is 12.1 Å². The van der Waals surface area contributed by atoms with Crippen molar-refractivity contribution < 1.29 is 14.3 Å². The average Bonchev–Trinajstić information content (AvgIpc) is 2.54. The Hall–Kier alpha value is -1.95. The number of carbonyl (C=O) groups excluding carboxylic acids is 2. The van der Waals surface area contributed by atoms with Crippen LogP contribution in [0.1, 0.15) is 0 Å². The van der Waals surface area contributed by atoms with Crippen molar-refractivity contribution in [2.75, 3.05) is 44.1 Å². The molecule has 0 unspecified atom stereocenters. The summed E-state index contributed by atoms with van der Waals surface area (Å²) in [6.07, 6.45) is 0. The number of carbonyl (C=O) groups is 2. The molecule has 0 saturated carbocycles. The van der Waals surface area contributed by atoms with Crippen molar-refractivity contribution in [3.63, 3.8) is 0 Å². The van der Waals surface area contributed by atoms with Crippen molar-refractivity contribution in [2.24, 2.45) is 0 Å². The van der Waals surface area contributed by atoms with Gasteiger partial charge in [0.25, 0.3) is 0 Å². The van der Waals surface area contributed by atoms with Crippen LogP contribution in [0.3, 0.4) is 0 Å². The molecule has 2 rings (SSSR count). The Balaban J connectivity index is 1.94. The van der Waals surface area contributed by atoms with Crippen LogP contribution >= 0.6 is 11.6 Å². The normalized spacial score (nSPS) is 14.8. The molecule has 1 fully saturated rings. The van der Waals surface area contributed by atoms with Gasteiger partial charge in [0.05, 0.1) is 12.8 Å². The first-order valence-corrected chi connectivity index (χ1v) is 7.22. The van der Waals surface area contributed by atoms with Gasteiger partial charge in [0.1, 0.15) is 11.6 Å². The van der Waals surface area contributed by atoms with E-state index in [1.54, 1.807) is 12.0 Å². The second-order valence-electron chi connectivity index (χ2n) is 4.63. The van der Waals surface area contributed by atoms with E-state index in [9.17, 15) is 9.59 Å². The summed E-state index contributed by atoms with van der Waals surface area (Å²) >= 11 is 5.37. The zero-order valence-corrected chi connectivity index (χ0v) is 12.6. The highest BCUT2D eigenvalue weighted by Gasteiger charge is 2.23. The lowest BCUT2D eigenvalue weighted by atomic mass is 10.2. The Kier molecular flexibility index (Phi) is 5.27. The first-order valence-electron chi connectivity index (χ1n) is 6.68. The van der Waals surface area contributed by atoms with E-state index in [2.05, 4.69) is 10.2 Å². The molecule has 0 aliphatic carbocycles. The fourth-order valence-electron chi connectivity index (χ4n) is 2.27. The quantitative estimate of drug-likeness (QED) is 0.855. The van der Waals surface area contributed by atoms with Crippen molar-refractivity contribution in [2.45, 2.75) is 0 Å². The minimum Gasteiger partial charge on any atom is -0.495 e. The lowest BCUT2D eigenvalue weighted by Crippen LogP contribution is -2.53. The molecule has 1 aliphatic heterocycles. The summed E-state index contributed by atoms with van der Waals surface area (Å²) in [5.41, 5.74) is 1.01. The molecule has 1 saturated heterocycles. The maximum Gasteiger partial charge on any atom is 0.324 e. The van der Waals surface area contributed by atoms with Gasteiger partial charge in [0.2, 0.25) is 5.91 Å². The van der Waals surface area contributed by atoms with Gasteiger partial charge in [0, 0.05) is 26.2 Å². The molecule has 1 heterocycles. The number of para-hydroxylation sites is 2. The van der Waals surface area contributed by atoms with Crippen molar-refractivity contribution in [3.8, 4) is 5.75 Å². The van der Waals surface area contributed by atoms with Gasteiger partial charge in [-0.3, -0.25) is 10.1 Å². The average molecular weight is 312 g/mol. The Morgan fingerprint density at radius 1 is 1.24 bits per heavy atom. The largest absolute Gasteiger partial charge is 0.495 e. The van der Waals surface area contributed by atoms with E-state index >= 15 is 0 Å². The number of urea groups is 1. The number of hydrogen-bond acceptors (Lipinski definition) is 4. The Morgan fingerprint density at radius 3 is 2.52 bits per heavy atom. The summed E-state index contributed by atoms with van der Waals surface area (Å²) in [6.45, 7) is 2.45. The fraction of sp³-hybridized carbons (Fsp3) is 0.429. The number of halogens is 1. The molecule has 6 nitrogen and oxygen atoms in total. The van der Waals surface area contributed by atoms with Crippen LogP contribution in [-0.2, 0) is 4.79 Å². The minimum absolute atomic E-state index is 0.215. The number of nitrogens with zero attached hydrogens (tertiary/aromatic N) is 2. The Bertz CT molecular complexity index is 516. The zero-order chi connectivity index (χ0) is 15.2. The predicted octanol–water partition coefficient (Wildman–Crippen LogP) is 1.29. The summed E-state index contributed by atoms with van der Waals surface area (Å²) in [6, 6.07) is 7.39. The number of amides is 3. The van der Waals surface area contributed by atoms with Gasteiger partial charge >= 0.3 is 6.03 Å². The van der Waals surface area contributed by atoms with Gasteiger partial charge in [0.15, 0.2) is 0 Å². The molecule has 0 aromatic heterocycles. The molecule has 7 heteroatoms. The van der Waals surface area contributed by atoms with Crippen molar-refractivity contribution in [1.29, 1.82) is 0 Å². The third kappa shape index (κ3) is 3.78. The van der Waals surface area contributed by atoms with Crippen molar-refractivity contribution >= 4 is 29.2 Å². The topological polar surface area (TPSA) is 61.9 Å². The number of ether oxygens (including phenoxy) is 1. The van der Waals surface area contributed by atoms with Gasteiger partial charge in [-0.25, -0.2) is 4.79 Å².